The smallest absolute Gasteiger partial charge is 0.409 e. The second-order valence-electron chi connectivity index (χ2n) is 6.03. The monoisotopic (exact) mass is 326 g/mol. The Balaban J connectivity index is 2.06. The van der Waals surface area contributed by atoms with Crippen LogP contribution in [0.1, 0.15) is 6.42 Å². The lowest BCUT2D eigenvalue weighted by molar-refractivity contribution is 0.0855. The van der Waals surface area contributed by atoms with Crippen LogP contribution in [-0.2, 0) is 4.74 Å². The van der Waals surface area contributed by atoms with Gasteiger partial charge >= 0.3 is 6.09 Å². The minimum Gasteiger partial charge on any atom is -0.447 e. The molecule has 9 nitrogen and oxygen atoms in total. The molecule has 0 aromatic carbocycles. The highest BCUT2D eigenvalue weighted by atomic mass is 16.6. The lowest BCUT2D eigenvalue weighted by Crippen LogP contribution is -2.64. The molecule has 2 aliphatic heterocycles. The molecule has 2 aliphatic rings. The summed E-state index contributed by atoms with van der Waals surface area (Å²) in [6.45, 7) is 5.78. The Morgan fingerprint density at radius 1 is 1.57 bits per heavy atom. The summed E-state index contributed by atoms with van der Waals surface area (Å²) >= 11 is 0. The maximum atomic E-state index is 11.6. The minimum absolute atomic E-state index is 0.0885. The quantitative estimate of drug-likeness (QED) is 0.486. The van der Waals surface area contributed by atoms with Gasteiger partial charge in [0.2, 0.25) is 0 Å². The molecule has 1 fully saturated rings. The predicted molar refractivity (Wildman–Crippen MR) is 86.7 cm³/mol. The molecule has 0 spiro atoms. The summed E-state index contributed by atoms with van der Waals surface area (Å²) in [6.07, 6.45) is -0.340. The fourth-order valence-electron chi connectivity index (χ4n) is 2.54. The van der Waals surface area contributed by atoms with E-state index in [1.54, 1.807) is 14.1 Å². The number of aliphatic hydroxyl groups is 1. The average Bonchev–Trinajstić information content (AvgIpc) is 2.50. The molecule has 1 amide bonds. The maximum absolute atomic E-state index is 11.6. The van der Waals surface area contributed by atoms with Gasteiger partial charge in [-0.1, -0.05) is 6.58 Å². The Bertz CT molecular complexity index is 481. The zero-order valence-electron chi connectivity index (χ0n) is 13.7. The van der Waals surface area contributed by atoms with Gasteiger partial charge in [0, 0.05) is 27.2 Å². The molecule has 1 saturated heterocycles. The highest BCUT2D eigenvalue weighted by molar-refractivity contribution is 5.78. The Labute approximate surface area is 136 Å². The molecule has 3 atom stereocenters. The molecule has 9 heteroatoms. The largest absolute Gasteiger partial charge is 0.447 e. The van der Waals surface area contributed by atoms with Gasteiger partial charge in [-0.2, -0.15) is 0 Å². The first kappa shape index (κ1) is 17.2. The number of aliphatic imine (C=N–C) groups is 1. The second kappa shape index (κ2) is 7.40. The van der Waals surface area contributed by atoms with Gasteiger partial charge in [0.05, 0.1) is 30.6 Å². The molecule has 0 aromatic heterocycles. The number of guanidine groups is 1. The summed E-state index contributed by atoms with van der Waals surface area (Å²) in [5, 5.41) is 16.2. The first-order valence-electron chi connectivity index (χ1n) is 7.65. The van der Waals surface area contributed by atoms with Gasteiger partial charge in [0.15, 0.2) is 5.96 Å². The molecule has 23 heavy (non-hydrogen) atoms. The summed E-state index contributed by atoms with van der Waals surface area (Å²) < 4.78 is 5.27. The van der Waals surface area contributed by atoms with Crippen LogP contribution in [0.15, 0.2) is 17.4 Å². The third-order valence-corrected chi connectivity index (χ3v) is 3.93. The van der Waals surface area contributed by atoms with Crippen LogP contribution < -0.4 is 16.4 Å². The Hall–Kier alpha value is -2.16. The minimum atomic E-state index is -0.529. The zero-order valence-corrected chi connectivity index (χ0v) is 13.7. The number of nitrogens with two attached hydrogens (primary N) is 1. The lowest BCUT2D eigenvalue weighted by Gasteiger charge is -2.43. The summed E-state index contributed by atoms with van der Waals surface area (Å²) in [7, 11) is 3.27. The Morgan fingerprint density at radius 3 is 3.00 bits per heavy atom. The molecule has 130 valence electrons. The van der Waals surface area contributed by atoms with Crippen LogP contribution in [-0.4, -0.2) is 85.5 Å². The van der Waals surface area contributed by atoms with E-state index >= 15 is 0 Å². The van der Waals surface area contributed by atoms with Crippen molar-refractivity contribution in [3.8, 4) is 0 Å². The number of nitrogens with zero attached hydrogens (tertiary/aromatic N) is 3. The van der Waals surface area contributed by atoms with Gasteiger partial charge in [-0.05, 0) is 6.42 Å². The molecule has 0 saturated carbocycles. The summed E-state index contributed by atoms with van der Waals surface area (Å²) in [5.41, 5.74) is 5.87. The van der Waals surface area contributed by atoms with Crippen LogP contribution >= 0.6 is 0 Å². The SMILES string of the molecule is C=C1N[C@@H](COC(=O)N(C)C)C2CN1CC[C@H](O)CN=C(N)N2. The molecule has 1 unspecified atom stereocenters. The fraction of sp³-hybridized carbons (Fsp3) is 0.714. The van der Waals surface area contributed by atoms with Crippen molar-refractivity contribution < 1.29 is 14.6 Å². The standard InChI is InChI=1S/C14H26N6O3/c1-9-17-12(8-23-14(22)19(2)3)11-7-20(9)5-4-10(21)6-16-13(15)18-11/h10-12,17,21H,1,4-8H2,2-3H3,(H3,15,16,18)/t10-,11?,12-/m0/s1. The van der Waals surface area contributed by atoms with E-state index in [9.17, 15) is 9.90 Å². The van der Waals surface area contributed by atoms with E-state index in [1.165, 1.54) is 4.90 Å². The Kier molecular flexibility index (Phi) is 5.54. The van der Waals surface area contributed by atoms with E-state index in [0.29, 0.717) is 19.5 Å². The van der Waals surface area contributed by atoms with Crippen LogP contribution in [0.5, 0.6) is 0 Å². The van der Waals surface area contributed by atoms with Crippen LogP contribution in [0, 0.1) is 0 Å². The molecule has 2 heterocycles. The first-order valence-corrected chi connectivity index (χ1v) is 7.65. The van der Waals surface area contributed by atoms with E-state index in [-0.39, 0.29) is 31.2 Å². The van der Waals surface area contributed by atoms with Gasteiger partial charge in [-0.15, -0.1) is 0 Å². The molecule has 0 aromatic rings. The second-order valence-corrected chi connectivity index (χ2v) is 6.03. The lowest BCUT2D eigenvalue weighted by atomic mass is 10.0. The van der Waals surface area contributed by atoms with Gasteiger partial charge in [-0.3, -0.25) is 4.99 Å². The van der Waals surface area contributed by atoms with Crippen molar-refractivity contribution in [2.24, 2.45) is 10.7 Å². The normalized spacial score (nSPS) is 28.1. The molecule has 0 aliphatic carbocycles. The van der Waals surface area contributed by atoms with E-state index in [2.05, 4.69) is 22.2 Å². The van der Waals surface area contributed by atoms with Gasteiger partial charge in [0.25, 0.3) is 0 Å². The van der Waals surface area contributed by atoms with Crippen LogP contribution in [0.2, 0.25) is 0 Å². The van der Waals surface area contributed by atoms with Crippen LogP contribution in [0.4, 0.5) is 4.79 Å². The van der Waals surface area contributed by atoms with Gasteiger partial charge < -0.3 is 36.0 Å². The number of nitrogens with one attached hydrogen (secondary N) is 2. The third-order valence-electron chi connectivity index (χ3n) is 3.93. The molecular formula is C14H26N6O3. The van der Waals surface area contributed by atoms with Crippen molar-refractivity contribution in [2.45, 2.75) is 24.6 Å². The van der Waals surface area contributed by atoms with Gasteiger partial charge in [0.1, 0.15) is 6.61 Å². The average molecular weight is 326 g/mol. The number of ether oxygens (including phenoxy) is 1. The van der Waals surface area contributed by atoms with E-state index in [1.807, 2.05) is 4.90 Å². The highest BCUT2D eigenvalue weighted by Gasteiger charge is 2.32. The van der Waals surface area contributed by atoms with Crippen molar-refractivity contribution in [1.29, 1.82) is 0 Å². The Morgan fingerprint density at radius 2 is 2.30 bits per heavy atom. The highest BCUT2D eigenvalue weighted by Crippen LogP contribution is 2.15. The maximum Gasteiger partial charge on any atom is 0.409 e. The van der Waals surface area contributed by atoms with E-state index in [4.69, 9.17) is 10.5 Å². The zero-order chi connectivity index (χ0) is 17.0. The number of aliphatic hydroxyl groups excluding tert-OH is 1. The summed E-state index contributed by atoms with van der Waals surface area (Å²) in [4.78, 5) is 19.2. The van der Waals surface area contributed by atoms with Gasteiger partial charge in [-0.25, -0.2) is 4.79 Å². The van der Waals surface area contributed by atoms with Crippen molar-refractivity contribution in [3.05, 3.63) is 12.4 Å². The van der Waals surface area contributed by atoms with Crippen molar-refractivity contribution in [3.63, 3.8) is 0 Å². The first-order chi connectivity index (χ1) is 10.9. The number of carbonyl (C=O) groups excluding carboxylic acids is 1. The molecule has 0 radical (unpaired) electrons. The van der Waals surface area contributed by atoms with E-state index < -0.39 is 12.2 Å². The van der Waals surface area contributed by atoms with Crippen LogP contribution in [0.25, 0.3) is 0 Å². The number of hydrogen-bond donors (Lipinski definition) is 4. The summed E-state index contributed by atoms with van der Waals surface area (Å²) in [5.74, 6) is 1.02. The third kappa shape index (κ3) is 4.65. The van der Waals surface area contributed by atoms with Crippen LogP contribution in [0.3, 0.4) is 0 Å². The number of rotatable bonds is 2. The number of hydrogen-bond acceptors (Lipinski definition) is 8. The predicted octanol–water partition coefficient (Wildman–Crippen LogP) is -1.53. The molecule has 2 bridgehead atoms. The van der Waals surface area contributed by atoms with E-state index in [0.717, 1.165) is 5.82 Å². The number of fused-ring (bicyclic) bond motifs is 2. The molecule has 2 rings (SSSR count). The van der Waals surface area contributed by atoms with Crippen molar-refractivity contribution in [2.75, 3.05) is 40.3 Å². The fourth-order valence-corrected chi connectivity index (χ4v) is 2.54. The summed E-state index contributed by atoms with van der Waals surface area (Å²) in [6, 6.07) is -0.254. The molecule has 5 N–H and O–H groups in total. The topological polar surface area (TPSA) is 115 Å². The molecular weight excluding hydrogens is 300 g/mol. The van der Waals surface area contributed by atoms with Crippen molar-refractivity contribution >= 4 is 12.1 Å². The van der Waals surface area contributed by atoms with Crippen molar-refractivity contribution in [1.82, 2.24) is 20.4 Å². The number of amides is 1. The number of carbonyl (C=O) groups is 1.